The molecule has 0 N–H and O–H groups in total. The second-order valence-corrected chi connectivity index (χ2v) is 7.42. The lowest BCUT2D eigenvalue weighted by Gasteiger charge is -2.20. The Morgan fingerprint density at radius 1 is 1.13 bits per heavy atom. The van der Waals surface area contributed by atoms with Crippen molar-refractivity contribution in [1.82, 2.24) is 9.97 Å². The molecule has 0 radical (unpaired) electrons. The van der Waals surface area contributed by atoms with Crippen LogP contribution in [0.25, 0.3) is 10.2 Å². The maximum absolute atomic E-state index is 13.6. The van der Waals surface area contributed by atoms with Crippen LogP contribution in [0.5, 0.6) is 11.5 Å². The first-order valence-corrected chi connectivity index (χ1v) is 9.96. The van der Waals surface area contributed by atoms with Crippen molar-refractivity contribution in [2.45, 2.75) is 6.54 Å². The number of amides is 1. The minimum absolute atomic E-state index is 0.170. The predicted octanol–water partition coefficient (Wildman–Crippen LogP) is 4.45. The highest BCUT2D eigenvalue weighted by molar-refractivity contribution is 7.22. The third-order valence-corrected chi connectivity index (χ3v) is 5.40. The Morgan fingerprint density at radius 3 is 2.67 bits per heavy atom. The normalized spacial score (nSPS) is 10.7. The molecular formula is C22H18FN3O3S. The van der Waals surface area contributed by atoms with E-state index in [9.17, 15) is 9.18 Å². The molecule has 0 aliphatic rings. The second-order valence-electron chi connectivity index (χ2n) is 6.41. The largest absolute Gasteiger partial charge is 0.497 e. The van der Waals surface area contributed by atoms with E-state index in [2.05, 4.69) is 9.97 Å². The average Bonchev–Trinajstić information content (AvgIpc) is 3.19. The van der Waals surface area contributed by atoms with Crippen LogP contribution in [0, 0.1) is 5.82 Å². The van der Waals surface area contributed by atoms with Crippen molar-refractivity contribution in [3.63, 3.8) is 0 Å². The zero-order chi connectivity index (χ0) is 20.9. The summed E-state index contributed by atoms with van der Waals surface area (Å²) in [6.45, 7) is 0.109. The van der Waals surface area contributed by atoms with Crippen LogP contribution in [0.4, 0.5) is 9.52 Å². The fourth-order valence-electron chi connectivity index (χ4n) is 2.83. The van der Waals surface area contributed by atoms with Crippen molar-refractivity contribution in [2.24, 2.45) is 0 Å². The molecule has 0 aliphatic carbocycles. The van der Waals surface area contributed by atoms with Gasteiger partial charge in [-0.15, -0.1) is 0 Å². The Hall–Kier alpha value is -3.52. The molecular weight excluding hydrogens is 405 g/mol. The highest BCUT2D eigenvalue weighted by Crippen LogP contribution is 2.30. The highest BCUT2D eigenvalue weighted by atomic mass is 32.1. The Morgan fingerprint density at radius 2 is 1.93 bits per heavy atom. The molecule has 4 rings (SSSR count). The van der Waals surface area contributed by atoms with Crippen LogP contribution < -0.4 is 14.4 Å². The summed E-state index contributed by atoms with van der Waals surface area (Å²) in [7, 11) is 1.58. The van der Waals surface area contributed by atoms with Gasteiger partial charge in [-0.25, -0.2) is 9.37 Å². The van der Waals surface area contributed by atoms with E-state index < -0.39 is 0 Å². The number of thiazole rings is 1. The molecule has 0 unspecified atom stereocenters. The van der Waals surface area contributed by atoms with Crippen LogP contribution in [-0.2, 0) is 11.3 Å². The number of anilines is 1. The van der Waals surface area contributed by atoms with Crippen molar-refractivity contribution in [3.05, 3.63) is 78.4 Å². The van der Waals surface area contributed by atoms with Gasteiger partial charge >= 0.3 is 0 Å². The first-order valence-electron chi connectivity index (χ1n) is 9.14. The summed E-state index contributed by atoms with van der Waals surface area (Å²) in [5, 5.41) is 0.475. The number of hydrogen-bond acceptors (Lipinski definition) is 6. The van der Waals surface area contributed by atoms with Crippen LogP contribution in [0.1, 0.15) is 5.56 Å². The maximum Gasteiger partial charge on any atom is 0.267 e. The number of rotatable bonds is 7. The van der Waals surface area contributed by atoms with Gasteiger partial charge < -0.3 is 9.47 Å². The van der Waals surface area contributed by atoms with E-state index in [-0.39, 0.29) is 24.9 Å². The van der Waals surface area contributed by atoms with E-state index in [0.717, 1.165) is 5.56 Å². The molecule has 152 valence electrons. The molecule has 0 saturated heterocycles. The Bertz CT molecular complexity index is 1150. The van der Waals surface area contributed by atoms with Gasteiger partial charge in [0.2, 0.25) is 0 Å². The molecule has 0 aliphatic heterocycles. The van der Waals surface area contributed by atoms with E-state index >= 15 is 0 Å². The number of halogens is 1. The van der Waals surface area contributed by atoms with Gasteiger partial charge in [0.05, 0.1) is 23.9 Å². The average molecular weight is 423 g/mol. The smallest absolute Gasteiger partial charge is 0.267 e. The minimum atomic E-state index is -0.342. The van der Waals surface area contributed by atoms with E-state index in [1.165, 1.54) is 28.4 Å². The Balaban J connectivity index is 1.57. The van der Waals surface area contributed by atoms with Crippen LogP contribution in [0.2, 0.25) is 0 Å². The lowest BCUT2D eigenvalue weighted by atomic mass is 10.2. The van der Waals surface area contributed by atoms with Crippen molar-refractivity contribution >= 4 is 32.6 Å². The highest BCUT2D eigenvalue weighted by Gasteiger charge is 2.21. The Kier molecular flexibility index (Phi) is 5.85. The number of carbonyl (C=O) groups excluding carboxylic acids is 1. The third-order valence-electron chi connectivity index (χ3n) is 4.36. The monoisotopic (exact) mass is 423 g/mol. The Labute approximate surface area is 176 Å². The molecule has 0 saturated carbocycles. The molecule has 0 atom stereocenters. The summed E-state index contributed by atoms with van der Waals surface area (Å²) in [5.74, 6) is 0.644. The number of pyridine rings is 1. The van der Waals surface area contributed by atoms with E-state index in [1.807, 2.05) is 6.07 Å². The predicted molar refractivity (Wildman–Crippen MR) is 113 cm³/mol. The zero-order valence-corrected chi connectivity index (χ0v) is 16.9. The standard InChI is InChI=1S/C22H18FN3O3S/c1-28-17-5-7-18(8-6-17)29-14-21(27)26(13-15-3-2-10-24-12-15)22-25-19-9-4-16(23)11-20(19)30-22/h2-12H,13-14H2,1H3. The van der Waals surface area contributed by atoms with Crippen LogP contribution in [0.3, 0.4) is 0 Å². The number of nitrogens with zero attached hydrogens (tertiary/aromatic N) is 3. The molecule has 30 heavy (non-hydrogen) atoms. The van der Waals surface area contributed by atoms with E-state index in [4.69, 9.17) is 9.47 Å². The molecule has 2 aromatic heterocycles. The molecule has 4 aromatic rings. The third kappa shape index (κ3) is 4.55. The number of fused-ring (bicyclic) bond motifs is 1. The van der Waals surface area contributed by atoms with Crippen molar-refractivity contribution < 1.29 is 18.7 Å². The molecule has 2 heterocycles. The first-order chi connectivity index (χ1) is 14.6. The second kappa shape index (κ2) is 8.87. The van der Waals surface area contributed by atoms with Crippen molar-refractivity contribution in [3.8, 4) is 11.5 Å². The van der Waals surface area contributed by atoms with Gasteiger partial charge in [0.25, 0.3) is 5.91 Å². The number of methoxy groups -OCH3 is 1. The summed E-state index contributed by atoms with van der Waals surface area (Å²) in [6, 6.07) is 15.0. The number of benzene rings is 2. The number of ether oxygens (including phenoxy) is 2. The molecule has 0 bridgehead atoms. The summed E-state index contributed by atoms with van der Waals surface area (Å²) in [5.41, 5.74) is 1.48. The van der Waals surface area contributed by atoms with E-state index in [1.54, 1.807) is 55.9 Å². The van der Waals surface area contributed by atoms with Gasteiger partial charge in [0, 0.05) is 12.4 Å². The first kappa shape index (κ1) is 19.8. The van der Waals surface area contributed by atoms with Gasteiger partial charge in [-0.3, -0.25) is 14.7 Å². The van der Waals surface area contributed by atoms with Crippen molar-refractivity contribution in [1.29, 1.82) is 0 Å². The molecule has 6 nitrogen and oxygen atoms in total. The zero-order valence-electron chi connectivity index (χ0n) is 16.1. The molecule has 2 aromatic carbocycles. The van der Waals surface area contributed by atoms with Gasteiger partial charge in [0.1, 0.15) is 17.3 Å². The fraction of sp³-hybridized carbons (Fsp3) is 0.136. The summed E-state index contributed by atoms with van der Waals surface area (Å²) < 4.78 is 25.0. The van der Waals surface area contributed by atoms with Gasteiger partial charge in [-0.05, 0) is 54.1 Å². The van der Waals surface area contributed by atoms with Crippen molar-refractivity contribution in [2.75, 3.05) is 18.6 Å². The topological polar surface area (TPSA) is 64.6 Å². The van der Waals surface area contributed by atoms with Crippen LogP contribution >= 0.6 is 11.3 Å². The summed E-state index contributed by atoms with van der Waals surface area (Å²) in [4.78, 5) is 23.2. The van der Waals surface area contributed by atoms with Gasteiger partial charge in [-0.1, -0.05) is 17.4 Å². The lowest BCUT2D eigenvalue weighted by molar-refractivity contribution is -0.120. The van der Waals surface area contributed by atoms with Gasteiger partial charge in [-0.2, -0.15) is 0 Å². The number of hydrogen-bond donors (Lipinski definition) is 0. The molecule has 1 amide bonds. The van der Waals surface area contributed by atoms with E-state index in [0.29, 0.717) is 26.8 Å². The lowest BCUT2D eigenvalue weighted by Crippen LogP contribution is -2.34. The maximum atomic E-state index is 13.6. The fourth-order valence-corrected chi connectivity index (χ4v) is 3.84. The summed E-state index contributed by atoms with van der Waals surface area (Å²) in [6.07, 6.45) is 3.36. The molecule has 0 spiro atoms. The minimum Gasteiger partial charge on any atom is -0.497 e. The SMILES string of the molecule is COc1ccc(OCC(=O)N(Cc2cccnc2)c2nc3ccc(F)cc3s2)cc1. The molecule has 8 heteroatoms. The van der Waals surface area contributed by atoms with Gasteiger partial charge in [0.15, 0.2) is 11.7 Å². The van der Waals surface area contributed by atoms with Crippen LogP contribution in [-0.4, -0.2) is 29.6 Å². The molecule has 0 fully saturated rings. The number of carbonyl (C=O) groups is 1. The number of aromatic nitrogens is 2. The quantitative estimate of drug-likeness (QED) is 0.439. The van der Waals surface area contributed by atoms with Crippen LogP contribution in [0.15, 0.2) is 67.0 Å². The summed E-state index contributed by atoms with van der Waals surface area (Å²) >= 11 is 1.26.